The van der Waals surface area contributed by atoms with Crippen LogP contribution in [0, 0.1) is 5.82 Å². The number of carbonyl (C=O) groups is 1. The van der Waals surface area contributed by atoms with Crippen LogP contribution in [0.25, 0.3) is 11.0 Å². The second-order valence-corrected chi connectivity index (χ2v) is 4.38. The van der Waals surface area contributed by atoms with E-state index in [9.17, 15) is 14.0 Å². The fourth-order valence-corrected chi connectivity index (χ4v) is 1.92. The molecule has 0 saturated heterocycles. The monoisotopic (exact) mass is 314 g/mol. The van der Waals surface area contributed by atoms with Crippen LogP contribution >= 0.6 is 11.6 Å². The third-order valence-corrected chi connectivity index (χ3v) is 2.99. The topological polar surface area (TPSA) is 70.4 Å². The van der Waals surface area contributed by atoms with Crippen molar-refractivity contribution in [3.05, 3.63) is 33.5 Å². The summed E-state index contributed by atoms with van der Waals surface area (Å²) in [5.74, 6) is -1.08. The van der Waals surface area contributed by atoms with Crippen molar-refractivity contribution in [3.63, 3.8) is 0 Å². The van der Waals surface area contributed by atoms with Crippen LogP contribution in [0.15, 0.2) is 17.1 Å². The third-order valence-electron chi connectivity index (χ3n) is 2.72. The van der Waals surface area contributed by atoms with Crippen molar-refractivity contribution in [1.29, 1.82) is 0 Å². The number of hydrogen-bond donors (Lipinski definition) is 0. The fourth-order valence-electron chi connectivity index (χ4n) is 1.79. The summed E-state index contributed by atoms with van der Waals surface area (Å²) in [5.41, 5.74) is -0.448. The van der Waals surface area contributed by atoms with Gasteiger partial charge in [-0.1, -0.05) is 11.6 Å². The predicted molar refractivity (Wildman–Crippen MR) is 74.3 cm³/mol. The lowest BCUT2D eigenvalue weighted by Gasteiger charge is -2.11. The zero-order chi connectivity index (χ0) is 15.6. The van der Waals surface area contributed by atoms with Crippen molar-refractivity contribution >= 4 is 28.8 Å². The van der Waals surface area contributed by atoms with E-state index in [-0.39, 0.29) is 28.5 Å². The van der Waals surface area contributed by atoms with Crippen molar-refractivity contribution in [3.8, 4) is 5.75 Å². The van der Waals surface area contributed by atoms with E-state index in [1.165, 1.54) is 10.8 Å². The van der Waals surface area contributed by atoms with E-state index >= 15 is 0 Å². The molecule has 0 spiro atoms. The first-order valence-electron chi connectivity index (χ1n) is 6.21. The van der Waals surface area contributed by atoms with Gasteiger partial charge in [-0.25, -0.2) is 14.2 Å². The molecule has 0 N–H and O–H groups in total. The molecule has 2 heterocycles. The van der Waals surface area contributed by atoms with Crippen molar-refractivity contribution in [1.82, 2.24) is 9.55 Å². The quantitative estimate of drug-likeness (QED) is 0.643. The molecule has 0 atom stereocenters. The van der Waals surface area contributed by atoms with Crippen molar-refractivity contribution in [2.24, 2.45) is 0 Å². The molecule has 8 heteroatoms. The van der Waals surface area contributed by atoms with Gasteiger partial charge >= 0.3 is 6.16 Å². The van der Waals surface area contributed by atoms with Gasteiger partial charge in [0.25, 0.3) is 0 Å². The summed E-state index contributed by atoms with van der Waals surface area (Å²) >= 11 is 5.63. The van der Waals surface area contributed by atoms with Crippen LogP contribution in [0.3, 0.4) is 0 Å². The van der Waals surface area contributed by atoms with Gasteiger partial charge in [-0.3, -0.25) is 4.79 Å². The molecule has 6 nitrogen and oxygen atoms in total. The van der Waals surface area contributed by atoms with Crippen LogP contribution in [0.1, 0.15) is 13.8 Å². The molecule has 0 amide bonds. The molecule has 2 rings (SSSR count). The number of carbonyl (C=O) groups excluding carboxylic acids is 1. The Labute approximate surface area is 124 Å². The molecule has 0 saturated carbocycles. The highest BCUT2D eigenvalue weighted by atomic mass is 35.5. The predicted octanol–water partition coefficient (Wildman–Crippen LogP) is 2.74. The summed E-state index contributed by atoms with van der Waals surface area (Å²) in [5, 5.41) is -0.358. The number of pyridine rings is 2. The molecule has 0 aliphatic heterocycles. The average Bonchev–Trinajstić information content (AvgIpc) is 2.44. The van der Waals surface area contributed by atoms with Gasteiger partial charge in [0.2, 0.25) is 5.43 Å². The Morgan fingerprint density at radius 2 is 2.19 bits per heavy atom. The van der Waals surface area contributed by atoms with Gasteiger partial charge in [0.1, 0.15) is 5.65 Å². The third kappa shape index (κ3) is 2.97. The zero-order valence-electron chi connectivity index (χ0n) is 11.4. The Bertz CT molecular complexity index is 760. The first kappa shape index (κ1) is 15.2. The van der Waals surface area contributed by atoms with Gasteiger partial charge in [-0.15, -0.1) is 0 Å². The Balaban J connectivity index is 2.64. The van der Waals surface area contributed by atoms with Gasteiger partial charge < -0.3 is 14.0 Å². The van der Waals surface area contributed by atoms with E-state index in [2.05, 4.69) is 9.72 Å². The van der Waals surface area contributed by atoms with Gasteiger partial charge in [0.05, 0.1) is 18.2 Å². The van der Waals surface area contributed by atoms with Gasteiger partial charge in [0.15, 0.2) is 16.7 Å². The maximum absolute atomic E-state index is 13.5. The Kier molecular flexibility index (Phi) is 4.42. The van der Waals surface area contributed by atoms with E-state index in [0.29, 0.717) is 6.54 Å². The van der Waals surface area contributed by atoms with Crippen molar-refractivity contribution in [2.75, 3.05) is 6.61 Å². The molecule has 0 aromatic carbocycles. The molecule has 21 heavy (non-hydrogen) atoms. The molecular formula is C13H12ClFN2O4. The Morgan fingerprint density at radius 1 is 1.48 bits per heavy atom. The van der Waals surface area contributed by atoms with Crippen LogP contribution in [-0.4, -0.2) is 22.3 Å². The van der Waals surface area contributed by atoms with Crippen LogP contribution in [0.2, 0.25) is 5.15 Å². The standard InChI is InChI=1S/C13H12ClFN2O4/c1-3-17-6-9(21-13(19)20-4-2)10(18)7-5-8(15)11(14)16-12(7)17/h5-6H,3-4H2,1-2H3. The maximum atomic E-state index is 13.5. The fraction of sp³-hybridized carbons (Fsp3) is 0.308. The summed E-state index contributed by atoms with van der Waals surface area (Å²) in [4.78, 5) is 27.4. The van der Waals surface area contributed by atoms with Gasteiger partial charge in [-0.05, 0) is 19.9 Å². The largest absolute Gasteiger partial charge is 0.514 e. The molecular weight excluding hydrogens is 303 g/mol. The van der Waals surface area contributed by atoms with E-state index in [4.69, 9.17) is 16.3 Å². The van der Waals surface area contributed by atoms with E-state index < -0.39 is 17.4 Å². The first-order chi connectivity index (χ1) is 9.97. The van der Waals surface area contributed by atoms with Crippen molar-refractivity contribution < 1.29 is 18.7 Å². The summed E-state index contributed by atoms with van der Waals surface area (Å²) in [7, 11) is 0. The minimum Gasteiger partial charge on any atom is -0.434 e. The normalized spacial score (nSPS) is 10.7. The summed E-state index contributed by atoms with van der Waals surface area (Å²) in [6.45, 7) is 3.93. The summed E-state index contributed by atoms with van der Waals surface area (Å²) < 4.78 is 24.5. The van der Waals surface area contributed by atoms with Crippen molar-refractivity contribution in [2.45, 2.75) is 20.4 Å². The van der Waals surface area contributed by atoms with E-state index in [1.54, 1.807) is 13.8 Å². The smallest absolute Gasteiger partial charge is 0.434 e. The lowest BCUT2D eigenvalue weighted by molar-refractivity contribution is 0.104. The molecule has 2 aromatic heterocycles. The van der Waals surface area contributed by atoms with Gasteiger partial charge in [-0.2, -0.15) is 0 Å². The Morgan fingerprint density at radius 3 is 2.81 bits per heavy atom. The maximum Gasteiger partial charge on any atom is 0.514 e. The highest BCUT2D eigenvalue weighted by Crippen LogP contribution is 2.20. The first-order valence-corrected chi connectivity index (χ1v) is 6.59. The van der Waals surface area contributed by atoms with Crippen LogP contribution in [-0.2, 0) is 11.3 Å². The molecule has 0 unspecified atom stereocenters. The summed E-state index contributed by atoms with van der Waals surface area (Å²) in [6, 6.07) is 0.969. The van der Waals surface area contributed by atoms with E-state index in [1.807, 2.05) is 0 Å². The molecule has 0 aliphatic rings. The van der Waals surface area contributed by atoms with Crippen LogP contribution in [0.5, 0.6) is 5.75 Å². The number of aromatic nitrogens is 2. The van der Waals surface area contributed by atoms with Gasteiger partial charge in [0, 0.05) is 6.54 Å². The minimum absolute atomic E-state index is 0.0273. The molecule has 0 radical (unpaired) electrons. The lowest BCUT2D eigenvalue weighted by Crippen LogP contribution is -2.19. The number of hydrogen-bond acceptors (Lipinski definition) is 5. The lowest BCUT2D eigenvalue weighted by atomic mass is 10.2. The molecule has 0 aliphatic carbocycles. The highest BCUT2D eigenvalue weighted by molar-refractivity contribution is 6.29. The number of rotatable bonds is 3. The van der Waals surface area contributed by atoms with E-state index in [0.717, 1.165) is 6.07 Å². The Hall–Kier alpha value is -2.15. The second-order valence-electron chi connectivity index (χ2n) is 4.03. The second kappa shape index (κ2) is 6.09. The molecule has 2 aromatic rings. The summed E-state index contributed by atoms with van der Waals surface area (Å²) in [6.07, 6.45) is 0.307. The number of nitrogens with zero attached hydrogens (tertiary/aromatic N) is 2. The highest BCUT2D eigenvalue weighted by Gasteiger charge is 2.16. The molecule has 0 fully saturated rings. The zero-order valence-corrected chi connectivity index (χ0v) is 12.1. The number of halogens is 2. The molecule has 112 valence electrons. The average molecular weight is 315 g/mol. The minimum atomic E-state index is -1.00. The molecule has 0 bridgehead atoms. The van der Waals surface area contributed by atoms with Crippen LogP contribution < -0.4 is 10.2 Å². The SMILES string of the molecule is CCOC(=O)Oc1cn(CC)c2nc(Cl)c(F)cc2c1=O. The number of aryl methyl sites for hydroxylation is 1. The number of ether oxygens (including phenoxy) is 2. The van der Waals surface area contributed by atoms with Crippen LogP contribution in [0.4, 0.5) is 9.18 Å². The number of fused-ring (bicyclic) bond motifs is 1.